The highest BCUT2D eigenvalue weighted by Crippen LogP contribution is 2.45. The maximum Gasteiger partial charge on any atom is 0.283 e. The van der Waals surface area contributed by atoms with Crippen LogP contribution in [0.4, 0.5) is 20.2 Å². The fraction of sp³-hybridized carbons (Fsp3) is 0.333. The minimum absolute atomic E-state index is 0.0193. The molecule has 8 nitrogen and oxygen atoms in total. The molecule has 35 heavy (non-hydrogen) atoms. The molecule has 2 aromatic carbocycles. The number of carbonyl (C=O) groups is 1. The van der Waals surface area contributed by atoms with Crippen LogP contribution in [0.1, 0.15) is 53.3 Å². The highest BCUT2D eigenvalue weighted by molar-refractivity contribution is 6.32. The van der Waals surface area contributed by atoms with Crippen LogP contribution >= 0.6 is 11.6 Å². The molecule has 0 bridgehead atoms. The first-order valence-electron chi connectivity index (χ1n) is 10.9. The summed E-state index contributed by atoms with van der Waals surface area (Å²) in [5.74, 6) is 0.0958. The van der Waals surface area contributed by atoms with Gasteiger partial charge in [-0.3, -0.25) is 19.6 Å². The Morgan fingerprint density at radius 1 is 1.26 bits per heavy atom. The van der Waals surface area contributed by atoms with E-state index in [0.29, 0.717) is 11.4 Å². The molecule has 11 heteroatoms. The van der Waals surface area contributed by atoms with Crippen molar-refractivity contribution in [3.63, 3.8) is 0 Å². The minimum Gasteiger partial charge on any atom is -0.457 e. The molecule has 0 saturated heterocycles. The number of carbonyl (C=O) groups excluding carboxylic acids is 1. The third-order valence-corrected chi connectivity index (χ3v) is 6.19. The summed E-state index contributed by atoms with van der Waals surface area (Å²) in [5, 5.41) is 17.8. The lowest BCUT2D eigenvalue weighted by molar-refractivity contribution is -0.384. The van der Waals surface area contributed by atoms with E-state index in [4.69, 9.17) is 16.3 Å². The molecule has 4 rings (SSSR count). The van der Waals surface area contributed by atoms with E-state index in [1.54, 1.807) is 0 Å². The summed E-state index contributed by atoms with van der Waals surface area (Å²) >= 11 is 6.10. The summed E-state index contributed by atoms with van der Waals surface area (Å²) < 4.78 is 33.7. The van der Waals surface area contributed by atoms with E-state index >= 15 is 0 Å². The molecule has 0 radical (unpaired) electrons. The molecule has 184 valence electrons. The van der Waals surface area contributed by atoms with E-state index in [0.717, 1.165) is 29.5 Å². The number of benzene rings is 2. The second-order valence-electron chi connectivity index (χ2n) is 8.64. The number of nitrogens with one attached hydrogen (secondary N) is 1. The molecule has 0 unspecified atom stereocenters. The molecule has 1 saturated carbocycles. The first kappa shape index (κ1) is 24.6. The van der Waals surface area contributed by atoms with Crippen molar-refractivity contribution >= 4 is 28.9 Å². The van der Waals surface area contributed by atoms with Gasteiger partial charge in [0.05, 0.1) is 27.4 Å². The van der Waals surface area contributed by atoms with Crippen LogP contribution in [-0.2, 0) is 11.3 Å². The van der Waals surface area contributed by atoms with Crippen molar-refractivity contribution < 1.29 is 23.2 Å². The molecule has 0 aliphatic heterocycles. The zero-order valence-electron chi connectivity index (χ0n) is 19.3. The topological polar surface area (TPSA) is 99.3 Å². The Bertz CT molecular complexity index is 1320. The Morgan fingerprint density at radius 3 is 2.60 bits per heavy atom. The van der Waals surface area contributed by atoms with Gasteiger partial charge in [0.15, 0.2) is 0 Å². The van der Waals surface area contributed by atoms with Crippen molar-refractivity contribution in [2.75, 3.05) is 5.32 Å². The van der Waals surface area contributed by atoms with Gasteiger partial charge in [0.1, 0.15) is 23.7 Å². The van der Waals surface area contributed by atoms with Crippen molar-refractivity contribution in [2.45, 2.75) is 52.5 Å². The number of halogens is 3. The van der Waals surface area contributed by atoms with E-state index < -0.39 is 22.9 Å². The van der Waals surface area contributed by atoms with Gasteiger partial charge in [0.2, 0.25) is 5.91 Å². The van der Waals surface area contributed by atoms with Crippen molar-refractivity contribution in [3.8, 4) is 11.5 Å². The zero-order chi connectivity index (χ0) is 25.4. The molecular formula is C24H23ClF2N4O4. The number of aromatic nitrogens is 2. The van der Waals surface area contributed by atoms with Crippen LogP contribution in [0.25, 0.3) is 0 Å². The Labute approximate surface area is 205 Å². The fourth-order valence-corrected chi connectivity index (χ4v) is 4.24. The van der Waals surface area contributed by atoms with Crippen LogP contribution in [0.5, 0.6) is 11.5 Å². The fourth-order valence-electron chi connectivity index (χ4n) is 3.87. The van der Waals surface area contributed by atoms with Gasteiger partial charge >= 0.3 is 0 Å². The molecule has 0 spiro atoms. The maximum absolute atomic E-state index is 13.3. The standard InChI is InChI=1S/C24H23ClF2N4O4/c1-12-6-13(2)14(3)19(7-12)35-18-9-16(8-17(10-18)31(33)34)28-20(32)11-30-23(15-4-5-15)21(25)22(29-30)24(26)27/h6-10,15,24H,4-5,11H2,1-3H3,(H,28,32). The molecule has 1 aliphatic rings. The number of alkyl halides is 2. The second-order valence-corrected chi connectivity index (χ2v) is 9.02. The number of amides is 1. The summed E-state index contributed by atoms with van der Waals surface area (Å²) in [6.45, 7) is 5.36. The number of nitrogens with zero attached hydrogens (tertiary/aromatic N) is 3. The van der Waals surface area contributed by atoms with Crippen molar-refractivity contribution in [2.24, 2.45) is 0 Å². The lowest BCUT2D eigenvalue weighted by Gasteiger charge is -2.13. The zero-order valence-corrected chi connectivity index (χ0v) is 20.0. The summed E-state index contributed by atoms with van der Waals surface area (Å²) in [6.07, 6.45) is -1.31. The van der Waals surface area contributed by atoms with Crippen molar-refractivity contribution in [3.05, 3.63) is 73.5 Å². The van der Waals surface area contributed by atoms with Crippen LogP contribution < -0.4 is 10.1 Å². The molecule has 1 fully saturated rings. The third-order valence-electron chi connectivity index (χ3n) is 5.80. The van der Waals surface area contributed by atoms with E-state index in [9.17, 15) is 23.7 Å². The maximum atomic E-state index is 13.3. The average molecular weight is 505 g/mol. The SMILES string of the molecule is Cc1cc(C)c(C)c(Oc2cc(NC(=O)Cn3nc(C(F)F)c(Cl)c3C3CC3)cc([N+](=O)[O-])c2)c1. The summed E-state index contributed by atoms with van der Waals surface area (Å²) in [7, 11) is 0. The number of aryl methyl sites for hydroxylation is 2. The molecule has 0 atom stereocenters. The van der Waals surface area contributed by atoms with E-state index in [-0.39, 0.29) is 34.6 Å². The Morgan fingerprint density at radius 2 is 1.97 bits per heavy atom. The highest BCUT2D eigenvalue weighted by Gasteiger charge is 2.34. The Kier molecular flexibility index (Phi) is 6.75. The number of ether oxygens (including phenoxy) is 1. The lowest BCUT2D eigenvalue weighted by atomic mass is 10.1. The third kappa shape index (κ3) is 5.43. The van der Waals surface area contributed by atoms with Gasteiger partial charge < -0.3 is 10.1 Å². The Balaban J connectivity index is 1.59. The van der Waals surface area contributed by atoms with E-state index in [1.807, 2.05) is 32.9 Å². The lowest BCUT2D eigenvalue weighted by Crippen LogP contribution is -2.21. The molecule has 1 amide bonds. The number of nitro groups is 1. The van der Waals surface area contributed by atoms with Gasteiger partial charge in [0, 0.05) is 18.1 Å². The van der Waals surface area contributed by atoms with Crippen LogP contribution in [-0.4, -0.2) is 20.6 Å². The monoisotopic (exact) mass is 504 g/mol. The average Bonchev–Trinajstić information content (AvgIpc) is 3.54. The Hall–Kier alpha value is -3.53. The number of anilines is 1. The minimum atomic E-state index is -2.87. The first-order chi connectivity index (χ1) is 16.5. The predicted octanol–water partition coefficient (Wildman–Crippen LogP) is 6.62. The molecule has 1 aliphatic carbocycles. The molecule has 1 aromatic heterocycles. The molecule has 1 N–H and O–H groups in total. The number of rotatable bonds is 8. The van der Waals surface area contributed by atoms with Gasteiger partial charge in [-0.2, -0.15) is 5.10 Å². The molecule has 1 heterocycles. The summed E-state index contributed by atoms with van der Waals surface area (Å²) in [5.41, 5.74) is 2.55. The van der Waals surface area contributed by atoms with E-state index in [1.165, 1.54) is 22.9 Å². The molecule has 3 aromatic rings. The summed E-state index contributed by atoms with van der Waals surface area (Å²) in [4.78, 5) is 23.6. The van der Waals surface area contributed by atoms with Crippen LogP contribution in [0.15, 0.2) is 30.3 Å². The van der Waals surface area contributed by atoms with Crippen LogP contribution in [0, 0.1) is 30.9 Å². The van der Waals surface area contributed by atoms with E-state index in [2.05, 4.69) is 10.4 Å². The smallest absolute Gasteiger partial charge is 0.283 e. The van der Waals surface area contributed by atoms with Gasteiger partial charge in [-0.1, -0.05) is 17.7 Å². The first-order valence-corrected chi connectivity index (χ1v) is 11.3. The largest absolute Gasteiger partial charge is 0.457 e. The van der Waals surface area contributed by atoms with Crippen LogP contribution in [0.2, 0.25) is 5.02 Å². The van der Waals surface area contributed by atoms with Gasteiger partial charge in [-0.15, -0.1) is 0 Å². The number of non-ortho nitro benzene ring substituents is 1. The summed E-state index contributed by atoms with van der Waals surface area (Å²) in [6, 6.07) is 7.74. The predicted molar refractivity (Wildman–Crippen MR) is 127 cm³/mol. The molecular weight excluding hydrogens is 482 g/mol. The normalized spacial score (nSPS) is 13.2. The quantitative estimate of drug-likeness (QED) is 0.274. The van der Waals surface area contributed by atoms with Gasteiger partial charge in [-0.25, -0.2) is 8.78 Å². The van der Waals surface area contributed by atoms with Crippen molar-refractivity contribution in [1.82, 2.24) is 9.78 Å². The number of hydrogen-bond donors (Lipinski definition) is 1. The number of nitro benzene ring substituents is 1. The van der Waals surface area contributed by atoms with Gasteiger partial charge in [-0.05, 0) is 56.4 Å². The second kappa shape index (κ2) is 9.61. The van der Waals surface area contributed by atoms with Crippen molar-refractivity contribution in [1.29, 1.82) is 0 Å². The van der Waals surface area contributed by atoms with Crippen LogP contribution in [0.3, 0.4) is 0 Å². The highest BCUT2D eigenvalue weighted by atomic mass is 35.5. The van der Waals surface area contributed by atoms with Gasteiger partial charge in [0.25, 0.3) is 12.1 Å². The number of hydrogen-bond acceptors (Lipinski definition) is 5.